The molecule has 0 heterocycles. The van der Waals surface area contributed by atoms with Crippen LogP contribution in [-0.4, -0.2) is 57.3 Å². The molecule has 0 aliphatic heterocycles. The van der Waals surface area contributed by atoms with E-state index >= 15 is 0 Å². The van der Waals surface area contributed by atoms with Crippen LogP contribution in [0.2, 0.25) is 0 Å². The number of nitrogens with one attached hydrogen (secondary N) is 1. The van der Waals surface area contributed by atoms with Crippen molar-refractivity contribution in [3.05, 3.63) is 24.3 Å². The lowest BCUT2D eigenvalue weighted by atomic mass is 9.94. The van der Waals surface area contributed by atoms with Crippen molar-refractivity contribution in [3.8, 4) is 0 Å². The van der Waals surface area contributed by atoms with E-state index < -0.39 is 10.0 Å². The van der Waals surface area contributed by atoms with E-state index in [2.05, 4.69) is 10.2 Å². The molecule has 134 valence electrons. The molecule has 1 aliphatic rings. The Hall–Kier alpha value is -1.44. The fourth-order valence-corrected chi connectivity index (χ4v) is 3.90. The summed E-state index contributed by atoms with van der Waals surface area (Å²) < 4.78 is 25.2. The van der Waals surface area contributed by atoms with Gasteiger partial charge in [0.25, 0.3) is 0 Å². The number of carbonyl (C=O) groups is 1. The lowest BCUT2D eigenvalue weighted by Gasteiger charge is -2.30. The molecule has 0 radical (unpaired) electrons. The molecule has 1 aromatic rings. The van der Waals surface area contributed by atoms with Crippen molar-refractivity contribution in [2.75, 3.05) is 33.0 Å². The second kappa shape index (κ2) is 8.09. The van der Waals surface area contributed by atoms with Gasteiger partial charge in [-0.25, -0.2) is 12.7 Å². The Labute approximate surface area is 144 Å². The molecule has 0 saturated heterocycles. The molecule has 1 aromatic carbocycles. The first-order valence-electron chi connectivity index (χ1n) is 8.33. The van der Waals surface area contributed by atoms with Crippen LogP contribution in [0.5, 0.6) is 0 Å². The third kappa shape index (κ3) is 4.78. The second-order valence-corrected chi connectivity index (χ2v) is 8.72. The van der Waals surface area contributed by atoms with E-state index in [1.54, 1.807) is 12.1 Å². The monoisotopic (exact) mass is 353 g/mol. The summed E-state index contributed by atoms with van der Waals surface area (Å²) in [6.45, 7) is 0.350. The number of hydrogen-bond donors (Lipinski definition) is 1. The van der Waals surface area contributed by atoms with Crippen LogP contribution in [0, 0.1) is 0 Å². The summed E-state index contributed by atoms with van der Waals surface area (Å²) in [5.74, 6) is -0.0775. The van der Waals surface area contributed by atoms with Crippen LogP contribution in [0.4, 0.5) is 5.69 Å². The van der Waals surface area contributed by atoms with Crippen LogP contribution in [0.15, 0.2) is 29.2 Å². The Bertz CT molecular complexity index is 650. The number of carbonyl (C=O) groups excluding carboxylic acids is 1. The van der Waals surface area contributed by atoms with E-state index in [0.29, 0.717) is 18.3 Å². The van der Waals surface area contributed by atoms with Gasteiger partial charge >= 0.3 is 0 Å². The number of amides is 1. The molecule has 1 saturated carbocycles. The first kappa shape index (κ1) is 18.9. The number of sulfonamides is 1. The molecule has 1 amide bonds. The summed E-state index contributed by atoms with van der Waals surface area (Å²) in [5, 5.41) is 2.83. The Morgan fingerprint density at radius 3 is 2.21 bits per heavy atom. The highest BCUT2D eigenvalue weighted by molar-refractivity contribution is 7.89. The average Bonchev–Trinajstić information content (AvgIpc) is 2.56. The molecule has 0 spiro atoms. The maximum absolute atomic E-state index is 12.2. The lowest BCUT2D eigenvalue weighted by Crippen LogP contribution is -2.39. The van der Waals surface area contributed by atoms with E-state index in [1.165, 1.54) is 49.8 Å². The predicted molar refractivity (Wildman–Crippen MR) is 95.4 cm³/mol. The summed E-state index contributed by atoms with van der Waals surface area (Å²) >= 11 is 0. The minimum absolute atomic E-state index is 0.0775. The maximum Gasteiger partial charge on any atom is 0.242 e. The molecule has 0 unspecified atom stereocenters. The highest BCUT2D eigenvalue weighted by Gasteiger charge is 2.20. The zero-order valence-electron chi connectivity index (χ0n) is 14.7. The van der Waals surface area contributed by atoms with Crippen LogP contribution >= 0.6 is 0 Å². The van der Waals surface area contributed by atoms with Crippen molar-refractivity contribution < 1.29 is 13.2 Å². The fraction of sp³-hybridized carbons (Fsp3) is 0.588. The SMILES string of the molecule is CN(CC(=O)Nc1ccc(S(=O)(=O)N(C)C)cc1)C1CCCCC1. The maximum atomic E-state index is 12.2. The van der Waals surface area contributed by atoms with Crippen molar-refractivity contribution in [1.29, 1.82) is 0 Å². The van der Waals surface area contributed by atoms with Crippen LogP contribution < -0.4 is 5.32 Å². The summed E-state index contributed by atoms with van der Waals surface area (Å²) in [6, 6.07) is 6.74. The topological polar surface area (TPSA) is 69.7 Å². The molecule has 7 heteroatoms. The molecular weight excluding hydrogens is 326 g/mol. The van der Waals surface area contributed by atoms with Gasteiger partial charge < -0.3 is 5.32 Å². The standard InChI is InChI=1S/C17H27N3O3S/c1-19(2)24(22,23)16-11-9-14(10-12-16)18-17(21)13-20(3)15-7-5-4-6-8-15/h9-12,15H,4-8,13H2,1-3H3,(H,18,21). The number of nitrogens with zero attached hydrogens (tertiary/aromatic N) is 2. The van der Waals surface area contributed by atoms with Crippen LogP contribution in [-0.2, 0) is 14.8 Å². The van der Waals surface area contributed by atoms with Gasteiger partial charge in [0.1, 0.15) is 0 Å². The Morgan fingerprint density at radius 1 is 1.08 bits per heavy atom. The fourth-order valence-electron chi connectivity index (χ4n) is 3.00. The number of likely N-dealkylation sites (N-methyl/N-ethyl adjacent to an activating group) is 1. The van der Waals surface area contributed by atoms with Crippen molar-refractivity contribution in [3.63, 3.8) is 0 Å². The smallest absolute Gasteiger partial charge is 0.242 e. The molecule has 0 bridgehead atoms. The Balaban J connectivity index is 1.92. The van der Waals surface area contributed by atoms with Gasteiger partial charge in [0.15, 0.2) is 0 Å². The van der Waals surface area contributed by atoms with Gasteiger partial charge in [0, 0.05) is 25.8 Å². The molecule has 0 atom stereocenters. The van der Waals surface area contributed by atoms with Crippen LogP contribution in [0.1, 0.15) is 32.1 Å². The molecule has 1 fully saturated rings. The van der Waals surface area contributed by atoms with Crippen molar-refractivity contribution in [1.82, 2.24) is 9.21 Å². The van der Waals surface area contributed by atoms with E-state index in [9.17, 15) is 13.2 Å². The largest absolute Gasteiger partial charge is 0.325 e. The van der Waals surface area contributed by atoms with Gasteiger partial charge in [-0.05, 0) is 44.2 Å². The van der Waals surface area contributed by atoms with Crippen molar-refractivity contribution in [2.45, 2.75) is 43.0 Å². The first-order valence-corrected chi connectivity index (χ1v) is 9.77. The van der Waals surface area contributed by atoms with E-state index in [1.807, 2.05) is 7.05 Å². The van der Waals surface area contributed by atoms with Gasteiger partial charge in [0.05, 0.1) is 11.4 Å². The molecule has 1 N–H and O–H groups in total. The van der Waals surface area contributed by atoms with Crippen molar-refractivity contribution >= 4 is 21.6 Å². The zero-order chi connectivity index (χ0) is 17.7. The van der Waals surface area contributed by atoms with Gasteiger partial charge in [-0.15, -0.1) is 0 Å². The quantitative estimate of drug-likeness (QED) is 0.851. The van der Waals surface area contributed by atoms with Gasteiger partial charge in [-0.3, -0.25) is 9.69 Å². The second-order valence-electron chi connectivity index (χ2n) is 6.57. The number of hydrogen-bond acceptors (Lipinski definition) is 4. The van der Waals surface area contributed by atoms with E-state index in [4.69, 9.17) is 0 Å². The molecule has 2 rings (SSSR count). The summed E-state index contributed by atoms with van der Waals surface area (Å²) in [5.41, 5.74) is 0.606. The highest BCUT2D eigenvalue weighted by Crippen LogP contribution is 2.21. The zero-order valence-corrected chi connectivity index (χ0v) is 15.5. The molecule has 24 heavy (non-hydrogen) atoms. The molecular formula is C17H27N3O3S. The Kier molecular flexibility index (Phi) is 6.37. The third-order valence-electron chi connectivity index (χ3n) is 4.51. The highest BCUT2D eigenvalue weighted by atomic mass is 32.2. The van der Waals surface area contributed by atoms with E-state index in [-0.39, 0.29) is 10.8 Å². The number of rotatable bonds is 6. The molecule has 1 aliphatic carbocycles. The average molecular weight is 353 g/mol. The number of anilines is 1. The first-order chi connectivity index (χ1) is 11.3. The van der Waals surface area contributed by atoms with Gasteiger partial charge in [-0.2, -0.15) is 0 Å². The lowest BCUT2D eigenvalue weighted by molar-refractivity contribution is -0.117. The van der Waals surface area contributed by atoms with E-state index in [0.717, 1.165) is 12.8 Å². The Morgan fingerprint density at radius 2 is 1.67 bits per heavy atom. The summed E-state index contributed by atoms with van der Waals surface area (Å²) in [7, 11) is 1.53. The normalized spacial score (nSPS) is 16.5. The third-order valence-corrected chi connectivity index (χ3v) is 6.34. The summed E-state index contributed by atoms with van der Waals surface area (Å²) in [4.78, 5) is 14.5. The minimum atomic E-state index is -3.44. The van der Waals surface area contributed by atoms with Crippen LogP contribution in [0.25, 0.3) is 0 Å². The van der Waals surface area contributed by atoms with Crippen molar-refractivity contribution in [2.24, 2.45) is 0 Å². The molecule has 0 aromatic heterocycles. The minimum Gasteiger partial charge on any atom is -0.325 e. The summed E-state index contributed by atoms with van der Waals surface area (Å²) in [6.07, 6.45) is 6.07. The predicted octanol–water partition coefficient (Wildman–Crippen LogP) is 2.14. The van der Waals surface area contributed by atoms with Gasteiger partial charge in [0.2, 0.25) is 15.9 Å². The molecule has 6 nitrogen and oxygen atoms in total. The van der Waals surface area contributed by atoms with Gasteiger partial charge in [-0.1, -0.05) is 19.3 Å². The van der Waals surface area contributed by atoms with Crippen LogP contribution in [0.3, 0.4) is 0 Å². The number of benzene rings is 1.